The molecule has 0 radical (unpaired) electrons. The molecule has 0 aliphatic heterocycles. The molecule has 138 valence electrons. The summed E-state index contributed by atoms with van der Waals surface area (Å²) in [6, 6.07) is -0.996. The van der Waals surface area contributed by atoms with E-state index in [1.807, 2.05) is 0 Å². The van der Waals surface area contributed by atoms with E-state index in [-0.39, 0.29) is 12.5 Å². The Kier molecular flexibility index (Phi) is 7.66. The van der Waals surface area contributed by atoms with Crippen molar-refractivity contribution in [2.24, 2.45) is 11.7 Å². The van der Waals surface area contributed by atoms with E-state index < -0.39 is 29.6 Å². The van der Waals surface area contributed by atoms with Crippen LogP contribution in [0.5, 0.6) is 0 Å². The lowest BCUT2D eigenvalue weighted by atomic mass is 9.84. The van der Waals surface area contributed by atoms with E-state index in [1.165, 1.54) is 13.5 Å². The summed E-state index contributed by atoms with van der Waals surface area (Å²) in [5.74, 6) is -0.984. The van der Waals surface area contributed by atoms with E-state index in [9.17, 15) is 14.4 Å². The fourth-order valence-electron chi connectivity index (χ4n) is 2.99. The van der Waals surface area contributed by atoms with Crippen molar-refractivity contribution in [3.63, 3.8) is 0 Å². The van der Waals surface area contributed by atoms with Crippen molar-refractivity contribution in [1.29, 1.82) is 0 Å². The molecule has 0 unspecified atom stereocenters. The van der Waals surface area contributed by atoms with Crippen LogP contribution in [-0.4, -0.2) is 48.2 Å². The largest absolute Gasteiger partial charge is 0.467 e. The zero-order valence-electron chi connectivity index (χ0n) is 15.2. The number of nitrogens with two attached hydrogens (primary N) is 1. The first kappa shape index (κ1) is 20.4. The maximum absolute atomic E-state index is 12.5. The third kappa shape index (κ3) is 6.11. The predicted octanol–water partition coefficient (Wildman–Crippen LogP) is 2.22. The van der Waals surface area contributed by atoms with E-state index in [0.29, 0.717) is 6.42 Å². The van der Waals surface area contributed by atoms with E-state index in [2.05, 4.69) is 0 Å². The van der Waals surface area contributed by atoms with Crippen LogP contribution in [0.3, 0.4) is 0 Å². The average molecular weight is 342 g/mol. The molecule has 0 saturated heterocycles. The summed E-state index contributed by atoms with van der Waals surface area (Å²) < 4.78 is 10.1. The van der Waals surface area contributed by atoms with Crippen LogP contribution in [0.25, 0.3) is 0 Å². The molecule has 0 spiro atoms. The summed E-state index contributed by atoms with van der Waals surface area (Å²) in [5, 5.41) is 0. The minimum Gasteiger partial charge on any atom is -0.467 e. The Bertz CT molecular complexity index is 452. The third-order valence-corrected chi connectivity index (χ3v) is 4.10. The highest BCUT2D eigenvalue weighted by atomic mass is 16.6. The summed E-state index contributed by atoms with van der Waals surface area (Å²) in [6.45, 7) is 4.72. The van der Waals surface area contributed by atoms with Crippen molar-refractivity contribution in [2.75, 3.05) is 13.7 Å². The molecule has 1 aliphatic rings. The van der Waals surface area contributed by atoms with Gasteiger partial charge in [-0.1, -0.05) is 32.1 Å². The van der Waals surface area contributed by atoms with Crippen LogP contribution in [-0.2, 0) is 19.1 Å². The summed E-state index contributed by atoms with van der Waals surface area (Å²) in [4.78, 5) is 37.8. The van der Waals surface area contributed by atoms with Gasteiger partial charge in [-0.15, -0.1) is 0 Å². The molecule has 0 aromatic carbocycles. The number of carbonyl (C=O) groups is 3. The molecule has 1 rings (SSSR count). The molecule has 1 aliphatic carbocycles. The molecule has 2 N–H and O–H groups in total. The SMILES string of the molecule is COC(=O)[C@@H](CC1CCCCC1)N(C(=O)CN)C(=O)OC(C)(C)C. The highest BCUT2D eigenvalue weighted by molar-refractivity contribution is 5.97. The number of esters is 1. The standard InChI is InChI=1S/C17H30N2O5/c1-17(2,3)24-16(22)19(14(20)11-18)13(15(21)23-4)10-12-8-6-5-7-9-12/h12-13H,5-11,18H2,1-4H3/t13-/m1/s1. The molecule has 1 saturated carbocycles. The smallest absolute Gasteiger partial charge is 0.417 e. The fraction of sp³-hybridized carbons (Fsp3) is 0.824. The molecule has 7 nitrogen and oxygen atoms in total. The maximum atomic E-state index is 12.5. The molecular formula is C17H30N2O5. The predicted molar refractivity (Wildman–Crippen MR) is 89.1 cm³/mol. The summed E-state index contributed by atoms with van der Waals surface area (Å²) in [7, 11) is 1.25. The minimum absolute atomic E-state index is 0.276. The number of hydrogen-bond donors (Lipinski definition) is 1. The lowest BCUT2D eigenvalue weighted by molar-refractivity contribution is -0.152. The van der Waals surface area contributed by atoms with Gasteiger partial charge in [0.15, 0.2) is 0 Å². The Morgan fingerprint density at radius 3 is 2.21 bits per heavy atom. The van der Waals surface area contributed by atoms with Crippen LogP contribution in [0.2, 0.25) is 0 Å². The molecule has 1 atom stereocenters. The Labute approximate surface area is 143 Å². The monoisotopic (exact) mass is 342 g/mol. The number of rotatable bonds is 5. The number of methoxy groups -OCH3 is 1. The van der Waals surface area contributed by atoms with Gasteiger partial charge in [0.1, 0.15) is 11.6 Å². The van der Waals surface area contributed by atoms with Gasteiger partial charge in [0.25, 0.3) is 0 Å². The highest BCUT2D eigenvalue weighted by Gasteiger charge is 2.39. The summed E-state index contributed by atoms with van der Waals surface area (Å²) in [5.41, 5.74) is 4.65. The second kappa shape index (κ2) is 9.01. The molecule has 0 bridgehead atoms. The van der Waals surface area contributed by atoms with Crippen LogP contribution in [0, 0.1) is 5.92 Å². The topological polar surface area (TPSA) is 98.9 Å². The summed E-state index contributed by atoms with van der Waals surface area (Å²) in [6.07, 6.45) is 4.85. The first-order valence-electron chi connectivity index (χ1n) is 8.52. The van der Waals surface area contributed by atoms with Crippen molar-refractivity contribution in [2.45, 2.75) is 70.9 Å². The normalized spacial score (nSPS) is 17.0. The second-order valence-corrected chi connectivity index (χ2v) is 7.23. The molecule has 2 amide bonds. The Morgan fingerprint density at radius 2 is 1.75 bits per heavy atom. The quantitative estimate of drug-likeness (QED) is 0.769. The number of imide groups is 1. The van der Waals surface area contributed by atoms with Crippen LogP contribution in [0.4, 0.5) is 4.79 Å². The zero-order chi connectivity index (χ0) is 18.3. The second-order valence-electron chi connectivity index (χ2n) is 7.23. The molecule has 0 aromatic heterocycles. The van der Waals surface area contributed by atoms with Gasteiger partial charge in [-0.2, -0.15) is 0 Å². The average Bonchev–Trinajstić information content (AvgIpc) is 2.52. The van der Waals surface area contributed by atoms with E-state index in [4.69, 9.17) is 15.2 Å². The lowest BCUT2D eigenvalue weighted by Crippen LogP contribution is -2.53. The van der Waals surface area contributed by atoms with E-state index in [0.717, 1.165) is 30.6 Å². The maximum Gasteiger partial charge on any atom is 0.417 e. The van der Waals surface area contributed by atoms with Crippen LogP contribution < -0.4 is 5.73 Å². The number of carbonyl (C=O) groups excluding carboxylic acids is 3. The van der Waals surface area contributed by atoms with Crippen molar-refractivity contribution in [3.8, 4) is 0 Å². The number of ether oxygens (including phenoxy) is 2. The van der Waals surface area contributed by atoms with Gasteiger partial charge >= 0.3 is 12.1 Å². The van der Waals surface area contributed by atoms with Gasteiger partial charge in [0.05, 0.1) is 13.7 Å². The van der Waals surface area contributed by atoms with Gasteiger partial charge in [-0.25, -0.2) is 14.5 Å². The Morgan fingerprint density at radius 1 is 1.17 bits per heavy atom. The van der Waals surface area contributed by atoms with Crippen molar-refractivity contribution in [1.82, 2.24) is 4.90 Å². The first-order chi connectivity index (χ1) is 11.2. The van der Waals surface area contributed by atoms with Crippen molar-refractivity contribution in [3.05, 3.63) is 0 Å². The first-order valence-corrected chi connectivity index (χ1v) is 8.52. The van der Waals surface area contributed by atoms with Gasteiger partial charge in [0, 0.05) is 0 Å². The highest BCUT2D eigenvalue weighted by Crippen LogP contribution is 2.29. The number of nitrogens with zero attached hydrogens (tertiary/aromatic N) is 1. The van der Waals surface area contributed by atoms with E-state index >= 15 is 0 Å². The van der Waals surface area contributed by atoms with Gasteiger partial charge in [0.2, 0.25) is 5.91 Å². The van der Waals surface area contributed by atoms with Gasteiger partial charge < -0.3 is 15.2 Å². The van der Waals surface area contributed by atoms with Gasteiger partial charge in [-0.3, -0.25) is 4.79 Å². The van der Waals surface area contributed by atoms with Crippen molar-refractivity contribution < 1.29 is 23.9 Å². The summed E-state index contributed by atoms with van der Waals surface area (Å²) >= 11 is 0. The Balaban J connectivity index is 3.02. The molecule has 0 aromatic rings. The molecular weight excluding hydrogens is 312 g/mol. The third-order valence-electron chi connectivity index (χ3n) is 4.10. The Hall–Kier alpha value is -1.63. The molecule has 1 fully saturated rings. The zero-order valence-corrected chi connectivity index (χ0v) is 15.2. The number of hydrogen-bond acceptors (Lipinski definition) is 6. The van der Waals surface area contributed by atoms with Crippen LogP contribution in [0.15, 0.2) is 0 Å². The molecule has 7 heteroatoms. The molecule has 24 heavy (non-hydrogen) atoms. The van der Waals surface area contributed by atoms with Gasteiger partial charge in [-0.05, 0) is 33.1 Å². The van der Waals surface area contributed by atoms with Crippen LogP contribution in [0.1, 0.15) is 59.3 Å². The van der Waals surface area contributed by atoms with Crippen LogP contribution >= 0.6 is 0 Å². The fourth-order valence-corrected chi connectivity index (χ4v) is 2.99. The molecule has 0 heterocycles. The van der Waals surface area contributed by atoms with E-state index in [1.54, 1.807) is 20.8 Å². The number of amides is 2. The lowest BCUT2D eigenvalue weighted by Gasteiger charge is -2.33. The van der Waals surface area contributed by atoms with Crippen molar-refractivity contribution >= 4 is 18.0 Å². The minimum atomic E-state index is -0.996.